The van der Waals surface area contributed by atoms with Gasteiger partial charge in [0.15, 0.2) is 0 Å². The molecular formula is C23H26F2N2O2. The van der Waals surface area contributed by atoms with E-state index >= 15 is 0 Å². The van der Waals surface area contributed by atoms with Gasteiger partial charge in [-0.3, -0.25) is 9.69 Å². The number of nitrogens with zero attached hydrogens (tertiary/aromatic N) is 2. The van der Waals surface area contributed by atoms with E-state index in [2.05, 4.69) is 0 Å². The van der Waals surface area contributed by atoms with Gasteiger partial charge in [0.1, 0.15) is 5.75 Å². The fraction of sp³-hybridized carbons (Fsp3) is 0.435. The summed E-state index contributed by atoms with van der Waals surface area (Å²) in [5, 5.41) is 9.41. The van der Waals surface area contributed by atoms with Crippen LogP contribution in [0.3, 0.4) is 0 Å². The Balaban J connectivity index is 1.41. The Kier molecular flexibility index (Phi) is 5.30. The zero-order valence-corrected chi connectivity index (χ0v) is 16.5. The number of phenolic OH excluding ortho intramolecular Hbond substituents is 1. The van der Waals surface area contributed by atoms with Crippen LogP contribution in [0.5, 0.6) is 5.75 Å². The van der Waals surface area contributed by atoms with Crippen molar-refractivity contribution in [2.45, 2.75) is 44.2 Å². The molecule has 0 unspecified atom stereocenters. The van der Waals surface area contributed by atoms with Crippen LogP contribution in [0.25, 0.3) is 0 Å². The lowest BCUT2D eigenvalue weighted by Crippen LogP contribution is -2.53. The standard InChI is InChI=1S/C23H26F2N2O2/c1-16-2-4-17(5-3-16)14-26-13-11-21(22(26)29)27-12-10-20(23(24,25)15-27)18-6-8-19(28)9-7-18/h2-9,20-21,28H,10-15H2,1H3/t20-,21-/m0/s1. The van der Waals surface area contributed by atoms with Crippen molar-refractivity contribution in [3.63, 3.8) is 0 Å². The number of piperidine rings is 1. The van der Waals surface area contributed by atoms with Gasteiger partial charge in [0.05, 0.1) is 18.5 Å². The van der Waals surface area contributed by atoms with Crippen molar-refractivity contribution in [2.75, 3.05) is 19.6 Å². The molecule has 6 heteroatoms. The maximum atomic E-state index is 14.9. The quantitative estimate of drug-likeness (QED) is 0.846. The molecule has 0 aliphatic carbocycles. The number of phenols is 1. The number of hydrogen-bond donors (Lipinski definition) is 1. The van der Waals surface area contributed by atoms with Gasteiger partial charge in [-0.1, -0.05) is 42.0 Å². The van der Waals surface area contributed by atoms with E-state index in [1.54, 1.807) is 21.9 Å². The molecule has 2 aromatic rings. The topological polar surface area (TPSA) is 43.8 Å². The van der Waals surface area contributed by atoms with Crippen molar-refractivity contribution in [1.29, 1.82) is 0 Å². The number of alkyl halides is 2. The lowest BCUT2D eigenvalue weighted by molar-refractivity contribution is -0.137. The van der Waals surface area contributed by atoms with E-state index in [9.17, 15) is 18.7 Å². The molecule has 4 nitrogen and oxygen atoms in total. The van der Waals surface area contributed by atoms with E-state index in [1.165, 1.54) is 12.1 Å². The molecule has 2 aromatic carbocycles. The number of hydrogen-bond acceptors (Lipinski definition) is 3. The summed E-state index contributed by atoms with van der Waals surface area (Å²) in [6, 6.07) is 13.6. The lowest BCUT2D eigenvalue weighted by atomic mass is 9.85. The van der Waals surface area contributed by atoms with Gasteiger partial charge in [-0.25, -0.2) is 8.78 Å². The first-order valence-electron chi connectivity index (χ1n) is 10.1. The summed E-state index contributed by atoms with van der Waals surface area (Å²) < 4.78 is 29.9. The molecule has 0 spiro atoms. The van der Waals surface area contributed by atoms with Crippen molar-refractivity contribution >= 4 is 5.91 Å². The van der Waals surface area contributed by atoms with Crippen LogP contribution in [0.4, 0.5) is 8.78 Å². The number of likely N-dealkylation sites (tertiary alicyclic amines) is 2. The molecule has 0 radical (unpaired) electrons. The van der Waals surface area contributed by atoms with E-state index in [4.69, 9.17) is 0 Å². The maximum absolute atomic E-state index is 14.9. The van der Waals surface area contributed by atoms with Crippen molar-refractivity contribution in [3.8, 4) is 5.75 Å². The molecule has 0 bridgehead atoms. The van der Waals surface area contributed by atoms with E-state index < -0.39 is 24.4 Å². The monoisotopic (exact) mass is 400 g/mol. The molecule has 1 N–H and O–H groups in total. The minimum absolute atomic E-state index is 0.0514. The summed E-state index contributed by atoms with van der Waals surface area (Å²) in [6.45, 7) is 3.20. The highest BCUT2D eigenvalue weighted by molar-refractivity contribution is 5.84. The van der Waals surface area contributed by atoms with Crippen LogP contribution in [0, 0.1) is 6.92 Å². The van der Waals surface area contributed by atoms with Gasteiger partial charge in [-0.05, 0) is 49.6 Å². The summed E-state index contributed by atoms with van der Waals surface area (Å²) in [5.74, 6) is -3.79. The van der Waals surface area contributed by atoms with Gasteiger partial charge in [0.25, 0.3) is 5.92 Å². The number of aromatic hydroxyl groups is 1. The molecular weight excluding hydrogens is 374 g/mol. The summed E-state index contributed by atoms with van der Waals surface area (Å²) in [5.41, 5.74) is 2.75. The third-order valence-electron chi connectivity index (χ3n) is 6.13. The maximum Gasteiger partial charge on any atom is 0.267 e. The molecule has 2 aliphatic rings. The molecule has 154 valence electrons. The minimum atomic E-state index is -2.92. The Morgan fingerprint density at radius 1 is 1.03 bits per heavy atom. The fourth-order valence-corrected chi connectivity index (χ4v) is 4.48. The first kappa shape index (κ1) is 19.8. The molecule has 29 heavy (non-hydrogen) atoms. The summed E-state index contributed by atoms with van der Waals surface area (Å²) >= 11 is 0. The number of amides is 1. The molecule has 1 amide bonds. The Bertz CT molecular complexity index is 867. The predicted molar refractivity (Wildman–Crippen MR) is 107 cm³/mol. The third kappa shape index (κ3) is 4.13. The van der Waals surface area contributed by atoms with Crippen molar-refractivity contribution < 1.29 is 18.7 Å². The van der Waals surface area contributed by atoms with Crippen molar-refractivity contribution in [2.24, 2.45) is 0 Å². The molecule has 2 fully saturated rings. The van der Waals surface area contributed by atoms with Gasteiger partial charge in [0.2, 0.25) is 5.91 Å². The molecule has 2 heterocycles. The zero-order valence-electron chi connectivity index (χ0n) is 16.5. The highest BCUT2D eigenvalue weighted by Crippen LogP contribution is 2.42. The Hall–Kier alpha value is -2.47. The number of rotatable bonds is 4. The van der Waals surface area contributed by atoms with E-state index in [0.717, 1.165) is 11.1 Å². The second-order valence-corrected chi connectivity index (χ2v) is 8.21. The van der Waals surface area contributed by atoms with Gasteiger partial charge in [-0.2, -0.15) is 0 Å². The Labute approximate surface area is 169 Å². The average molecular weight is 400 g/mol. The summed E-state index contributed by atoms with van der Waals surface area (Å²) in [6.07, 6.45) is 0.879. The Morgan fingerprint density at radius 3 is 2.38 bits per heavy atom. The number of carbonyl (C=O) groups is 1. The first-order valence-corrected chi connectivity index (χ1v) is 10.1. The smallest absolute Gasteiger partial charge is 0.267 e. The van der Waals surface area contributed by atoms with E-state index in [-0.39, 0.29) is 11.7 Å². The fourth-order valence-electron chi connectivity index (χ4n) is 4.48. The molecule has 2 atom stereocenters. The highest BCUT2D eigenvalue weighted by Gasteiger charge is 2.49. The number of benzene rings is 2. The van der Waals surface area contributed by atoms with Crippen LogP contribution < -0.4 is 0 Å². The van der Waals surface area contributed by atoms with E-state index in [1.807, 2.05) is 31.2 Å². The minimum Gasteiger partial charge on any atom is -0.508 e. The van der Waals surface area contributed by atoms with Crippen LogP contribution in [-0.4, -0.2) is 52.4 Å². The average Bonchev–Trinajstić information content (AvgIpc) is 3.04. The summed E-state index contributed by atoms with van der Waals surface area (Å²) in [4.78, 5) is 16.3. The largest absolute Gasteiger partial charge is 0.508 e. The third-order valence-corrected chi connectivity index (χ3v) is 6.13. The van der Waals surface area contributed by atoms with Crippen LogP contribution in [-0.2, 0) is 11.3 Å². The van der Waals surface area contributed by atoms with Gasteiger partial charge < -0.3 is 10.0 Å². The zero-order chi connectivity index (χ0) is 20.6. The van der Waals surface area contributed by atoms with Gasteiger partial charge in [0, 0.05) is 13.1 Å². The number of carbonyl (C=O) groups excluding carboxylic acids is 1. The van der Waals surface area contributed by atoms with Crippen molar-refractivity contribution in [1.82, 2.24) is 9.80 Å². The van der Waals surface area contributed by atoms with Gasteiger partial charge in [-0.15, -0.1) is 0 Å². The second-order valence-electron chi connectivity index (χ2n) is 8.21. The van der Waals surface area contributed by atoms with E-state index in [0.29, 0.717) is 38.0 Å². The molecule has 0 aromatic heterocycles. The summed E-state index contributed by atoms with van der Waals surface area (Å²) in [7, 11) is 0. The first-order chi connectivity index (χ1) is 13.8. The number of aryl methyl sites for hydroxylation is 1. The predicted octanol–water partition coefficient (Wildman–Crippen LogP) is 3.93. The highest BCUT2D eigenvalue weighted by atomic mass is 19.3. The van der Waals surface area contributed by atoms with Crippen LogP contribution in [0.1, 0.15) is 35.4 Å². The van der Waals surface area contributed by atoms with Gasteiger partial charge >= 0.3 is 0 Å². The second kappa shape index (κ2) is 7.75. The normalized spacial score (nSPS) is 24.8. The van der Waals surface area contributed by atoms with Crippen molar-refractivity contribution in [3.05, 3.63) is 65.2 Å². The number of halogens is 2. The SMILES string of the molecule is Cc1ccc(CN2CC[C@H](N3CC[C@@H](c4ccc(O)cc4)C(F)(F)C3)C2=O)cc1. The molecule has 2 saturated heterocycles. The van der Waals surface area contributed by atoms with Crippen LogP contribution in [0.15, 0.2) is 48.5 Å². The van der Waals surface area contributed by atoms with Crippen LogP contribution in [0.2, 0.25) is 0 Å². The molecule has 4 rings (SSSR count). The molecule has 2 aliphatic heterocycles. The Morgan fingerprint density at radius 2 is 1.72 bits per heavy atom. The molecule has 0 saturated carbocycles. The lowest BCUT2D eigenvalue weighted by Gasteiger charge is -2.40. The van der Waals surface area contributed by atoms with Crippen LogP contribution >= 0.6 is 0 Å².